The second-order valence-corrected chi connectivity index (χ2v) is 9.17. The van der Waals surface area contributed by atoms with Gasteiger partial charge in [0.25, 0.3) is 5.91 Å². The number of carbonyl (C=O) groups excluding carboxylic acids is 1. The van der Waals surface area contributed by atoms with Crippen LogP contribution in [0.15, 0.2) is 45.6 Å². The van der Waals surface area contributed by atoms with E-state index in [4.69, 9.17) is 25.9 Å². The van der Waals surface area contributed by atoms with Gasteiger partial charge in [0.1, 0.15) is 22.0 Å². The summed E-state index contributed by atoms with van der Waals surface area (Å²) in [7, 11) is -1.13. The standard InChI is InChI=1S/C20H22N6O3S/c1-11(17(21)27)29-12-9-14-16-15(10-12)28-8-3-2-7-26(16)20(25-14)30-18-13(24-19(30)22)5-4-6-23-18/h4-6,9-11,30H,2-3,7-8H2,1H3,(H2,21,27)(H2,22,24)/t11-/m0/s1. The Morgan fingerprint density at radius 3 is 3.07 bits per heavy atom. The second kappa shape index (κ2) is 7.21. The van der Waals surface area contributed by atoms with Crippen molar-refractivity contribution < 1.29 is 14.3 Å². The van der Waals surface area contributed by atoms with Crippen LogP contribution in [0.2, 0.25) is 0 Å². The normalized spacial score (nSPS) is 19.9. The van der Waals surface area contributed by atoms with E-state index in [9.17, 15) is 4.79 Å². The lowest BCUT2D eigenvalue weighted by Gasteiger charge is -2.20. The van der Waals surface area contributed by atoms with Crippen LogP contribution in [0.4, 0.5) is 5.69 Å². The molecule has 0 saturated carbocycles. The van der Waals surface area contributed by atoms with Crippen molar-refractivity contribution in [1.82, 2.24) is 14.5 Å². The molecule has 3 aromatic rings. The molecule has 4 heterocycles. The van der Waals surface area contributed by atoms with Gasteiger partial charge in [0.15, 0.2) is 16.4 Å². The summed E-state index contributed by atoms with van der Waals surface area (Å²) in [5.41, 5.74) is 14.1. The monoisotopic (exact) mass is 426 g/mol. The molecule has 2 aromatic heterocycles. The van der Waals surface area contributed by atoms with Gasteiger partial charge in [-0.1, -0.05) is 10.9 Å². The van der Waals surface area contributed by atoms with E-state index in [0.717, 1.165) is 46.3 Å². The number of fused-ring (bicyclic) bond motifs is 1. The number of carbonyl (C=O) groups is 1. The average Bonchev–Trinajstić information content (AvgIpc) is 3.21. The zero-order valence-corrected chi connectivity index (χ0v) is 17.3. The number of hydrogen-bond acceptors (Lipinski definition) is 7. The van der Waals surface area contributed by atoms with E-state index < -0.39 is 22.9 Å². The van der Waals surface area contributed by atoms with Crippen LogP contribution in [0, 0.1) is 0 Å². The number of primary amides is 1. The van der Waals surface area contributed by atoms with Crippen LogP contribution >= 0.6 is 10.9 Å². The summed E-state index contributed by atoms with van der Waals surface area (Å²) >= 11 is 0. The number of nitrogens with zero attached hydrogens (tertiary/aromatic N) is 4. The minimum atomic E-state index is -1.13. The summed E-state index contributed by atoms with van der Waals surface area (Å²) in [4.78, 5) is 25.4. The van der Waals surface area contributed by atoms with Crippen molar-refractivity contribution in [2.24, 2.45) is 16.5 Å². The summed E-state index contributed by atoms with van der Waals surface area (Å²) < 4.78 is 13.9. The van der Waals surface area contributed by atoms with Gasteiger partial charge in [-0.05, 0) is 31.9 Å². The molecule has 5 rings (SSSR count). The fourth-order valence-corrected chi connectivity index (χ4v) is 5.70. The molecule has 156 valence electrons. The summed E-state index contributed by atoms with van der Waals surface area (Å²) in [6, 6.07) is 7.37. The Balaban J connectivity index is 1.68. The molecule has 10 heteroatoms. The van der Waals surface area contributed by atoms with Crippen LogP contribution in [0.5, 0.6) is 11.5 Å². The number of rotatable bonds is 4. The molecular formula is C20H22N6O3S. The number of aromatic nitrogens is 3. The van der Waals surface area contributed by atoms with Crippen molar-refractivity contribution in [3.05, 3.63) is 30.5 Å². The number of aryl methyl sites for hydroxylation is 1. The number of ether oxygens (including phenoxy) is 2. The number of benzene rings is 1. The minimum absolute atomic E-state index is 0.486. The average molecular weight is 427 g/mol. The topological polar surface area (TPSA) is 131 Å². The van der Waals surface area contributed by atoms with Crippen molar-refractivity contribution in [3.63, 3.8) is 0 Å². The third kappa shape index (κ3) is 3.04. The molecule has 1 aromatic carbocycles. The molecule has 0 bridgehead atoms. The fourth-order valence-electron chi connectivity index (χ4n) is 3.70. The molecule has 2 aliphatic rings. The number of imidazole rings is 1. The van der Waals surface area contributed by atoms with Gasteiger partial charge in [-0.3, -0.25) is 4.79 Å². The van der Waals surface area contributed by atoms with E-state index in [1.54, 1.807) is 25.3 Å². The molecule has 2 atom stereocenters. The molecule has 9 nitrogen and oxygen atoms in total. The van der Waals surface area contributed by atoms with Gasteiger partial charge in [0.2, 0.25) is 0 Å². The van der Waals surface area contributed by atoms with Gasteiger partial charge in [-0.2, -0.15) is 0 Å². The molecular weight excluding hydrogens is 404 g/mol. The molecule has 0 saturated heterocycles. The van der Waals surface area contributed by atoms with E-state index in [1.165, 1.54) is 0 Å². The van der Waals surface area contributed by atoms with E-state index >= 15 is 0 Å². The first kappa shape index (κ1) is 18.7. The summed E-state index contributed by atoms with van der Waals surface area (Å²) in [5, 5.41) is 2.24. The zero-order chi connectivity index (χ0) is 20.8. The lowest BCUT2D eigenvalue weighted by Crippen LogP contribution is -2.30. The largest absolute Gasteiger partial charge is 0.491 e. The maximum absolute atomic E-state index is 11.4. The van der Waals surface area contributed by atoms with E-state index in [0.29, 0.717) is 23.3 Å². The molecule has 1 amide bonds. The molecule has 1 unspecified atom stereocenters. The Hall–Kier alpha value is -3.27. The molecule has 0 aliphatic carbocycles. The highest BCUT2D eigenvalue weighted by Crippen LogP contribution is 2.53. The van der Waals surface area contributed by atoms with E-state index in [-0.39, 0.29) is 0 Å². The molecule has 2 aliphatic heterocycles. The molecule has 0 spiro atoms. The third-order valence-electron chi connectivity index (χ3n) is 5.15. The van der Waals surface area contributed by atoms with Crippen molar-refractivity contribution in [2.75, 3.05) is 6.61 Å². The lowest BCUT2D eigenvalue weighted by molar-refractivity contribution is -0.123. The summed E-state index contributed by atoms with van der Waals surface area (Å²) in [5.74, 6) is 0.620. The maximum Gasteiger partial charge on any atom is 0.258 e. The van der Waals surface area contributed by atoms with Gasteiger partial charge in [0.05, 0.1) is 17.8 Å². The second-order valence-electron chi connectivity index (χ2n) is 7.22. The van der Waals surface area contributed by atoms with Crippen molar-refractivity contribution in [1.29, 1.82) is 0 Å². The smallest absolute Gasteiger partial charge is 0.258 e. The van der Waals surface area contributed by atoms with Crippen LogP contribution in [0.1, 0.15) is 19.8 Å². The first-order valence-electron chi connectivity index (χ1n) is 9.75. The van der Waals surface area contributed by atoms with Gasteiger partial charge in [0, 0.05) is 24.9 Å². The van der Waals surface area contributed by atoms with Gasteiger partial charge >= 0.3 is 0 Å². The Bertz CT molecular complexity index is 1190. The van der Waals surface area contributed by atoms with Gasteiger partial charge < -0.3 is 25.5 Å². The molecule has 4 N–H and O–H groups in total. The predicted molar refractivity (Wildman–Crippen MR) is 115 cm³/mol. The highest BCUT2D eigenvalue weighted by Gasteiger charge is 2.31. The van der Waals surface area contributed by atoms with Gasteiger partial charge in [-0.25, -0.2) is 15.0 Å². The number of amides is 1. The number of pyridine rings is 1. The van der Waals surface area contributed by atoms with Crippen molar-refractivity contribution in [2.45, 2.75) is 42.6 Å². The molecule has 0 radical (unpaired) electrons. The van der Waals surface area contributed by atoms with Crippen LogP contribution < -0.4 is 20.9 Å². The number of thiol groups is 1. The van der Waals surface area contributed by atoms with Crippen LogP contribution in [0.3, 0.4) is 0 Å². The van der Waals surface area contributed by atoms with Crippen LogP contribution in [-0.4, -0.2) is 38.3 Å². The Labute approximate surface area is 175 Å². The highest BCUT2D eigenvalue weighted by molar-refractivity contribution is 8.30. The summed E-state index contributed by atoms with van der Waals surface area (Å²) in [6.07, 6.45) is 2.87. The number of amidine groups is 1. The third-order valence-corrected chi connectivity index (χ3v) is 7.22. The van der Waals surface area contributed by atoms with Crippen LogP contribution in [-0.2, 0) is 11.3 Å². The molecule has 30 heavy (non-hydrogen) atoms. The summed E-state index contributed by atoms with van der Waals surface area (Å²) in [6.45, 7) is 3.02. The Morgan fingerprint density at radius 1 is 1.37 bits per heavy atom. The van der Waals surface area contributed by atoms with E-state index in [1.807, 2.05) is 12.1 Å². The van der Waals surface area contributed by atoms with E-state index in [2.05, 4.69) is 14.5 Å². The Kier molecular flexibility index (Phi) is 4.50. The SMILES string of the molecule is C[C@H](Oc1cc2c3c(c1)nc([SH]1C(N)=Nc4cccnc41)n3CCCCO2)C(N)=O. The highest BCUT2D eigenvalue weighted by atomic mass is 32.2. The number of aliphatic imine (C=N–C) groups is 1. The number of hydrogen-bond donors (Lipinski definition) is 3. The fraction of sp³-hybridized carbons (Fsp3) is 0.300. The lowest BCUT2D eigenvalue weighted by atomic mass is 10.2. The van der Waals surface area contributed by atoms with Crippen molar-refractivity contribution in [3.8, 4) is 11.5 Å². The predicted octanol–water partition coefficient (Wildman–Crippen LogP) is 2.24. The quantitative estimate of drug-likeness (QED) is 0.549. The van der Waals surface area contributed by atoms with Crippen molar-refractivity contribution >= 4 is 38.7 Å². The Morgan fingerprint density at radius 2 is 2.23 bits per heavy atom. The minimum Gasteiger partial charge on any atom is -0.491 e. The zero-order valence-electron chi connectivity index (χ0n) is 16.4. The maximum atomic E-state index is 11.4. The molecule has 0 fully saturated rings. The number of nitrogens with two attached hydrogens (primary N) is 2. The first-order valence-corrected chi connectivity index (χ1v) is 11.1. The van der Waals surface area contributed by atoms with Gasteiger partial charge in [-0.15, -0.1) is 0 Å². The first-order chi connectivity index (χ1) is 14.5. The van der Waals surface area contributed by atoms with Crippen LogP contribution in [0.25, 0.3) is 11.0 Å².